The summed E-state index contributed by atoms with van der Waals surface area (Å²) in [5.41, 5.74) is 2.06. The van der Waals surface area contributed by atoms with Crippen LogP contribution < -0.4 is 10.6 Å². The highest BCUT2D eigenvalue weighted by atomic mass is 35.5. The molecule has 0 saturated heterocycles. The van der Waals surface area contributed by atoms with Gasteiger partial charge in [-0.3, -0.25) is 0 Å². The van der Waals surface area contributed by atoms with E-state index >= 15 is 0 Å². The first-order valence-electron chi connectivity index (χ1n) is 5.75. The van der Waals surface area contributed by atoms with E-state index in [1.54, 1.807) is 6.07 Å². The highest BCUT2D eigenvalue weighted by molar-refractivity contribution is 7.80. The normalized spacial score (nSPS) is 10.2. The third-order valence-electron chi connectivity index (χ3n) is 2.69. The molecule has 0 fully saturated rings. The molecule has 0 spiro atoms. The maximum atomic E-state index is 13.2. The first-order valence-corrected chi connectivity index (χ1v) is 6.92. The monoisotopic (exact) mass is 328 g/mol. The fourth-order valence-corrected chi connectivity index (χ4v) is 2.17. The van der Waals surface area contributed by atoms with Crippen LogP contribution in [0, 0.1) is 12.7 Å². The van der Waals surface area contributed by atoms with Crippen molar-refractivity contribution in [2.45, 2.75) is 6.92 Å². The minimum absolute atomic E-state index is 0.308. The number of thiocarbonyl (C=S) groups is 1. The molecule has 0 unspecified atom stereocenters. The van der Waals surface area contributed by atoms with E-state index in [1.165, 1.54) is 18.2 Å². The van der Waals surface area contributed by atoms with Crippen molar-refractivity contribution in [3.63, 3.8) is 0 Å². The van der Waals surface area contributed by atoms with Gasteiger partial charge < -0.3 is 10.6 Å². The SMILES string of the molecule is Cc1c(Cl)cccc1NC(=S)Nc1cc(F)ccc1Cl. The number of rotatable bonds is 2. The molecule has 0 saturated carbocycles. The molecule has 0 aliphatic heterocycles. The third-order valence-corrected chi connectivity index (χ3v) is 3.64. The Kier molecular flexibility index (Phi) is 4.81. The first-order chi connectivity index (χ1) is 9.47. The highest BCUT2D eigenvalue weighted by Gasteiger charge is 2.07. The highest BCUT2D eigenvalue weighted by Crippen LogP contribution is 2.25. The molecule has 2 rings (SSSR count). The van der Waals surface area contributed by atoms with Crippen molar-refractivity contribution in [2.75, 3.05) is 10.6 Å². The second kappa shape index (κ2) is 6.39. The van der Waals surface area contributed by atoms with Crippen LogP contribution in [-0.4, -0.2) is 5.11 Å². The summed E-state index contributed by atoms with van der Waals surface area (Å²) >= 11 is 17.2. The van der Waals surface area contributed by atoms with E-state index < -0.39 is 5.82 Å². The van der Waals surface area contributed by atoms with Crippen LogP contribution >= 0.6 is 35.4 Å². The van der Waals surface area contributed by atoms with Crippen LogP contribution in [0.3, 0.4) is 0 Å². The molecule has 0 heterocycles. The molecular weight excluding hydrogens is 318 g/mol. The molecule has 20 heavy (non-hydrogen) atoms. The van der Waals surface area contributed by atoms with Gasteiger partial charge in [0.2, 0.25) is 0 Å². The summed E-state index contributed by atoms with van der Waals surface area (Å²) < 4.78 is 13.2. The number of hydrogen-bond acceptors (Lipinski definition) is 1. The largest absolute Gasteiger partial charge is 0.332 e. The molecule has 2 N–H and O–H groups in total. The van der Waals surface area contributed by atoms with Crippen molar-refractivity contribution in [3.8, 4) is 0 Å². The first kappa shape index (κ1) is 15.0. The Bertz CT molecular complexity index is 656. The average molecular weight is 329 g/mol. The van der Waals surface area contributed by atoms with E-state index in [0.717, 1.165) is 11.3 Å². The molecular formula is C14H11Cl2FN2S. The van der Waals surface area contributed by atoms with Crippen molar-refractivity contribution >= 4 is 51.9 Å². The van der Waals surface area contributed by atoms with E-state index in [-0.39, 0.29) is 0 Å². The van der Waals surface area contributed by atoms with E-state index in [9.17, 15) is 4.39 Å². The fourth-order valence-electron chi connectivity index (χ4n) is 1.61. The van der Waals surface area contributed by atoms with Crippen LogP contribution in [0.25, 0.3) is 0 Å². The van der Waals surface area contributed by atoms with E-state index in [2.05, 4.69) is 10.6 Å². The summed E-state index contributed by atoms with van der Waals surface area (Å²) in [4.78, 5) is 0. The van der Waals surface area contributed by atoms with Gasteiger partial charge in [-0.15, -0.1) is 0 Å². The Labute approximate surface area is 131 Å². The summed E-state index contributed by atoms with van der Waals surface area (Å²) in [5, 5.41) is 7.19. The number of hydrogen-bond donors (Lipinski definition) is 2. The van der Waals surface area contributed by atoms with Gasteiger partial charge in [0.05, 0.1) is 10.7 Å². The van der Waals surface area contributed by atoms with Gasteiger partial charge >= 0.3 is 0 Å². The van der Waals surface area contributed by atoms with Crippen LogP contribution in [0.5, 0.6) is 0 Å². The van der Waals surface area contributed by atoms with Crippen molar-refractivity contribution in [2.24, 2.45) is 0 Å². The molecule has 0 bridgehead atoms. The fraction of sp³-hybridized carbons (Fsp3) is 0.0714. The minimum Gasteiger partial charge on any atom is -0.332 e. The summed E-state index contributed by atoms with van der Waals surface area (Å²) in [6.07, 6.45) is 0. The van der Waals surface area contributed by atoms with Crippen molar-refractivity contribution < 1.29 is 4.39 Å². The zero-order valence-electron chi connectivity index (χ0n) is 10.5. The van der Waals surface area contributed by atoms with Gasteiger partial charge in [0.1, 0.15) is 5.82 Å². The molecule has 0 atom stereocenters. The lowest BCUT2D eigenvalue weighted by molar-refractivity contribution is 0.628. The van der Waals surface area contributed by atoms with Gasteiger partial charge in [0.15, 0.2) is 5.11 Å². The van der Waals surface area contributed by atoms with Crippen LogP contribution in [0.1, 0.15) is 5.56 Å². The Morgan fingerprint density at radius 3 is 2.50 bits per heavy atom. The summed E-state index contributed by atoms with van der Waals surface area (Å²) in [5.74, 6) is -0.390. The summed E-state index contributed by atoms with van der Waals surface area (Å²) in [6.45, 7) is 1.88. The lowest BCUT2D eigenvalue weighted by Crippen LogP contribution is -2.20. The summed E-state index contributed by atoms with van der Waals surface area (Å²) in [7, 11) is 0. The summed E-state index contributed by atoms with van der Waals surface area (Å²) in [6, 6.07) is 9.48. The van der Waals surface area contributed by atoms with Gasteiger partial charge in [0.25, 0.3) is 0 Å². The maximum Gasteiger partial charge on any atom is 0.175 e. The zero-order chi connectivity index (χ0) is 14.7. The van der Waals surface area contributed by atoms with E-state index in [0.29, 0.717) is 20.8 Å². The lowest BCUT2D eigenvalue weighted by Gasteiger charge is -2.14. The Balaban J connectivity index is 2.13. The molecule has 2 aromatic rings. The van der Waals surface area contributed by atoms with Gasteiger partial charge in [-0.1, -0.05) is 29.3 Å². The van der Waals surface area contributed by atoms with Crippen molar-refractivity contribution in [1.82, 2.24) is 0 Å². The lowest BCUT2D eigenvalue weighted by atomic mass is 10.2. The van der Waals surface area contributed by atoms with Crippen molar-refractivity contribution in [3.05, 3.63) is 57.8 Å². The number of anilines is 2. The van der Waals surface area contributed by atoms with Crippen LogP contribution in [0.4, 0.5) is 15.8 Å². The van der Waals surface area contributed by atoms with Crippen LogP contribution in [0.2, 0.25) is 10.0 Å². The van der Waals surface area contributed by atoms with Gasteiger partial charge in [-0.2, -0.15) is 0 Å². The predicted octanol–water partition coefficient (Wildman–Crippen LogP) is 5.25. The van der Waals surface area contributed by atoms with E-state index in [1.807, 2.05) is 19.1 Å². The molecule has 2 aromatic carbocycles. The smallest absolute Gasteiger partial charge is 0.175 e. The number of halogens is 3. The molecule has 104 valence electrons. The minimum atomic E-state index is -0.390. The average Bonchev–Trinajstić information content (AvgIpc) is 2.39. The van der Waals surface area contributed by atoms with Gasteiger partial charge in [0, 0.05) is 10.7 Å². The van der Waals surface area contributed by atoms with Crippen LogP contribution in [0.15, 0.2) is 36.4 Å². The quantitative estimate of drug-likeness (QED) is 0.736. The Morgan fingerprint density at radius 1 is 1.05 bits per heavy atom. The number of nitrogens with one attached hydrogen (secondary N) is 2. The third kappa shape index (κ3) is 3.60. The molecule has 0 aliphatic rings. The topological polar surface area (TPSA) is 24.1 Å². The van der Waals surface area contributed by atoms with Crippen LogP contribution in [-0.2, 0) is 0 Å². The Hall–Kier alpha value is -1.36. The Morgan fingerprint density at radius 2 is 1.75 bits per heavy atom. The zero-order valence-corrected chi connectivity index (χ0v) is 12.8. The molecule has 0 aromatic heterocycles. The molecule has 0 aliphatic carbocycles. The molecule has 0 radical (unpaired) electrons. The molecule has 0 amide bonds. The molecule has 6 heteroatoms. The second-order valence-electron chi connectivity index (χ2n) is 4.12. The second-order valence-corrected chi connectivity index (χ2v) is 5.34. The van der Waals surface area contributed by atoms with Crippen molar-refractivity contribution in [1.29, 1.82) is 0 Å². The molecule has 2 nitrogen and oxygen atoms in total. The number of benzene rings is 2. The van der Waals surface area contributed by atoms with Gasteiger partial charge in [-0.05, 0) is 55.0 Å². The standard InChI is InChI=1S/C14H11Cl2FN2S/c1-8-10(15)3-2-4-12(8)18-14(20)19-13-7-9(17)5-6-11(13)16/h2-7H,1H3,(H2,18,19,20). The predicted molar refractivity (Wildman–Crippen MR) is 87.4 cm³/mol. The van der Waals surface area contributed by atoms with Gasteiger partial charge in [-0.25, -0.2) is 4.39 Å². The van der Waals surface area contributed by atoms with E-state index in [4.69, 9.17) is 35.4 Å². The maximum absolute atomic E-state index is 13.2.